The van der Waals surface area contributed by atoms with Gasteiger partial charge in [-0.15, -0.1) is 35.5 Å². The van der Waals surface area contributed by atoms with E-state index in [0.717, 1.165) is 0 Å². The summed E-state index contributed by atoms with van der Waals surface area (Å²) in [4.78, 5) is 28.7. The Balaban J connectivity index is 0.00000192. The van der Waals surface area contributed by atoms with Crippen LogP contribution in [0, 0.1) is 5.92 Å². The van der Waals surface area contributed by atoms with Crippen LogP contribution < -0.4 is 16.6 Å². The lowest BCUT2D eigenvalue weighted by Gasteiger charge is -2.11. The summed E-state index contributed by atoms with van der Waals surface area (Å²) in [5.74, 6) is 1.46. The Morgan fingerprint density at radius 1 is 1.57 bits per heavy atom. The third-order valence-corrected chi connectivity index (χ3v) is 5.32. The summed E-state index contributed by atoms with van der Waals surface area (Å²) in [5.41, 5.74) is 6.57. The van der Waals surface area contributed by atoms with Crippen LogP contribution in [0.4, 0.5) is 0 Å². The maximum atomic E-state index is 11.8. The van der Waals surface area contributed by atoms with Gasteiger partial charge in [0.25, 0.3) is 5.56 Å². The Morgan fingerprint density at radius 3 is 3.09 bits per heavy atom. The zero-order valence-electron chi connectivity index (χ0n) is 12.4. The highest BCUT2D eigenvalue weighted by Crippen LogP contribution is 2.31. The number of nitrogens with two attached hydrogens (primary N) is 1. The third-order valence-electron chi connectivity index (χ3n) is 3.60. The summed E-state index contributed by atoms with van der Waals surface area (Å²) >= 11 is 2.88. The van der Waals surface area contributed by atoms with Gasteiger partial charge in [-0.3, -0.25) is 14.0 Å². The minimum absolute atomic E-state index is 0. The van der Waals surface area contributed by atoms with Crippen LogP contribution >= 0.6 is 35.5 Å². The van der Waals surface area contributed by atoms with E-state index in [4.69, 9.17) is 5.73 Å². The summed E-state index contributed by atoms with van der Waals surface area (Å²) < 4.78 is 1.52. The number of nitrogens with zero attached hydrogens (tertiary/aromatic N) is 2. The SMILES string of the molecule is Cl.NC(CNC(=O)CSCc1cc(=O)n2ccsc2n1)C1CC1. The van der Waals surface area contributed by atoms with Crippen molar-refractivity contribution < 1.29 is 4.79 Å². The number of carbonyl (C=O) groups is 1. The molecule has 0 spiro atoms. The number of hydrogen-bond donors (Lipinski definition) is 2. The Morgan fingerprint density at radius 2 is 2.35 bits per heavy atom. The number of hydrogen-bond acceptors (Lipinski definition) is 6. The van der Waals surface area contributed by atoms with E-state index in [1.54, 1.807) is 6.20 Å². The van der Waals surface area contributed by atoms with E-state index in [2.05, 4.69) is 10.3 Å². The van der Waals surface area contributed by atoms with Crippen LogP contribution in [0.2, 0.25) is 0 Å². The molecule has 3 N–H and O–H groups in total. The molecule has 2 aromatic rings. The molecule has 1 amide bonds. The molecular formula is C14H19ClN4O2S2. The second kappa shape index (κ2) is 8.14. The molecule has 2 aromatic heterocycles. The van der Waals surface area contributed by atoms with Crippen molar-refractivity contribution >= 4 is 46.4 Å². The predicted octanol–water partition coefficient (Wildman–Crippen LogP) is 1.26. The lowest BCUT2D eigenvalue weighted by atomic mass is 10.2. The lowest BCUT2D eigenvalue weighted by Crippen LogP contribution is -2.39. The number of fused-ring (bicyclic) bond motifs is 1. The fourth-order valence-corrected chi connectivity index (χ4v) is 3.67. The second-order valence-corrected chi connectivity index (χ2v) is 7.30. The Hall–Kier alpha value is -1.09. The number of rotatable bonds is 7. The summed E-state index contributed by atoms with van der Waals surface area (Å²) in [5, 5.41) is 4.69. The third kappa shape index (κ3) is 4.94. The normalized spacial score (nSPS) is 15.2. The summed E-state index contributed by atoms with van der Waals surface area (Å²) in [6.45, 7) is 0.546. The van der Waals surface area contributed by atoms with Crippen LogP contribution in [0.3, 0.4) is 0 Å². The first-order valence-electron chi connectivity index (χ1n) is 7.19. The van der Waals surface area contributed by atoms with E-state index in [1.165, 1.54) is 46.4 Å². The highest BCUT2D eigenvalue weighted by Gasteiger charge is 2.28. The Labute approximate surface area is 148 Å². The van der Waals surface area contributed by atoms with Gasteiger partial charge in [-0.2, -0.15) is 0 Å². The number of nitrogens with one attached hydrogen (secondary N) is 1. The summed E-state index contributed by atoms with van der Waals surface area (Å²) in [6.07, 6.45) is 4.07. The monoisotopic (exact) mass is 374 g/mol. The summed E-state index contributed by atoms with van der Waals surface area (Å²) in [7, 11) is 0. The highest BCUT2D eigenvalue weighted by atomic mass is 35.5. The van der Waals surface area contributed by atoms with Crippen molar-refractivity contribution in [2.24, 2.45) is 11.7 Å². The van der Waals surface area contributed by atoms with E-state index in [0.29, 0.717) is 34.6 Å². The molecule has 1 saturated carbocycles. The molecule has 9 heteroatoms. The molecule has 1 fully saturated rings. The van der Waals surface area contributed by atoms with E-state index < -0.39 is 0 Å². The zero-order chi connectivity index (χ0) is 15.5. The molecule has 0 saturated heterocycles. The van der Waals surface area contributed by atoms with Crippen molar-refractivity contribution in [1.82, 2.24) is 14.7 Å². The van der Waals surface area contributed by atoms with Gasteiger partial charge in [0.05, 0.1) is 11.4 Å². The van der Waals surface area contributed by atoms with Crippen LogP contribution in [-0.2, 0) is 10.5 Å². The van der Waals surface area contributed by atoms with Gasteiger partial charge < -0.3 is 11.1 Å². The average molecular weight is 375 g/mol. The van der Waals surface area contributed by atoms with Crippen molar-refractivity contribution in [2.45, 2.75) is 24.6 Å². The largest absolute Gasteiger partial charge is 0.354 e. The minimum atomic E-state index is -0.0818. The van der Waals surface area contributed by atoms with Crippen molar-refractivity contribution in [3.63, 3.8) is 0 Å². The maximum Gasteiger partial charge on any atom is 0.258 e. The number of carbonyl (C=O) groups excluding carboxylic acids is 1. The van der Waals surface area contributed by atoms with Crippen molar-refractivity contribution in [3.8, 4) is 0 Å². The molecular weight excluding hydrogens is 356 g/mol. The first kappa shape index (κ1) is 18.3. The molecule has 1 aliphatic rings. The highest BCUT2D eigenvalue weighted by molar-refractivity contribution is 7.99. The second-order valence-electron chi connectivity index (χ2n) is 5.44. The standard InChI is InChI=1S/C14H18N4O2S2.ClH/c15-11(9-1-2-9)6-16-12(19)8-21-7-10-5-13(20)18-3-4-22-14(18)17-10;/h3-5,9,11H,1-2,6-8,15H2,(H,16,19);1H. The fourth-order valence-electron chi connectivity index (χ4n) is 2.18. The first-order chi connectivity index (χ1) is 10.6. The molecule has 126 valence electrons. The smallest absolute Gasteiger partial charge is 0.258 e. The van der Waals surface area contributed by atoms with Gasteiger partial charge in [0, 0.05) is 36.0 Å². The van der Waals surface area contributed by atoms with Gasteiger partial charge in [-0.25, -0.2) is 4.98 Å². The molecule has 3 rings (SSSR count). The Kier molecular flexibility index (Phi) is 6.46. The molecule has 6 nitrogen and oxygen atoms in total. The predicted molar refractivity (Wildman–Crippen MR) is 96.5 cm³/mol. The van der Waals surface area contributed by atoms with Crippen LogP contribution in [0.1, 0.15) is 18.5 Å². The van der Waals surface area contributed by atoms with Crippen LogP contribution in [0.25, 0.3) is 4.96 Å². The Bertz CT molecular complexity index is 729. The summed E-state index contributed by atoms with van der Waals surface area (Å²) in [6, 6.07) is 1.60. The molecule has 0 radical (unpaired) electrons. The molecule has 1 unspecified atom stereocenters. The number of thiazole rings is 1. The van der Waals surface area contributed by atoms with Crippen molar-refractivity contribution in [3.05, 3.63) is 33.7 Å². The lowest BCUT2D eigenvalue weighted by molar-refractivity contribution is -0.118. The number of thioether (sulfide) groups is 1. The van der Waals surface area contributed by atoms with Gasteiger partial charge in [0.15, 0.2) is 4.96 Å². The number of halogens is 1. The van der Waals surface area contributed by atoms with E-state index in [9.17, 15) is 9.59 Å². The van der Waals surface area contributed by atoms with E-state index in [1.807, 2.05) is 5.38 Å². The van der Waals surface area contributed by atoms with Crippen LogP contribution in [-0.4, -0.2) is 33.6 Å². The molecule has 0 bridgehead atoms. The maximum absolute atomic E-state index is 11.8. The number of amides is 1. The van der Waals surface area contributed by atoms with E-state index in [-0.39, 0.29) is 29.9 Å². The van der Waals surface area contributed by atoms with Crippen molar-refractivity contribution in [2.75, 3.05) is 12.3 Å². The van der Waals surface area contributed by atoms with Crippen LogP contribution in [0.5, 0.6) is 0 Å². The molecule has 23 heavy (non-hydrogen) atoms. The average Bonchev–Trinajstić information content (AvgIpc) is 3.23. The van der Waals surface area contributed by atoms with Gasteiger partial charge in [0.2, 0.25) is 5.91 Å². The van der Waals surface area contributed by atoms with Gasteiger partial charge >= 0.3 is 0 Å². The van der Waals surface area contributed by atoms with Gasteiger partial charge in [0.1, 0.15) is 0 Å². The minimum Gasteiger partial charge on any atom is -0.354 e. The van der Waals surface area contributed by atoms with Gasteiger partial charge in [-0.1, -0.05) is 0 Å². The van der Waals surface area contributed by atoms with Crippen molar-refractivity contribution in [1.29, 1.82) is 0 Å². The van der Waals surface area contributed by atoms with E-state index >= 15 is 0 Å². The zero-order valence-corrected chi connectivity index (χ0v) is 14.9. The first-order valence-corrected chi connectivity index (χ1v) is 9.23. The quantitative estimate of drug-likeness (QED) is 0.761. The van der Waals surface area contributed by atoms with Crippen LogP contribution in [0.15, 0.2) is 22.4 Å². The molecule has 0 aromatic carbocycles. The fraction of sp³-hybridized carbons (Fsp3) is 0.500. The topological polar surface area (TPSA) is 89.5 Å². The molecule has 2 heterocycles. The molecule has 1 atom stereocenters. The number of aromatic nitrogens is 2. The molecule has 0 aliphatic heterocycles. The molecule has 1 aliphatic carbocycles. The van der Waals surface area contributed by atoms with Gasteiger partial charge in [-0.05, 0) is 18.8 Å².